The molecule has 122 valence electrons. The number of aromatic nitrogens is 2. The quantitative estimate of drug-likeness (QED) is 0.914. The van der Waals surface area contributed by atoms with Crippen LogP contribution in [0.3, 0.4) is 0 Å². The number of imidazole rings is 1. The molecule has 1 N–H and O–H groups in total. The van der Waals surface area contributed by atoms with Gasteiger partial charge in [0.05, 0.1) is 37.0 Å². The number of aliphatic hydroxyl groups is 1. The van der Waals surface area contributed by atoms with Gasteiger partial charge in [0.2, 0.25) is 0 Å². The Labute approximate surface area is 132 Å². The first kappa shape index (κ1) is 14.7. The maximum Gasteiger partial charge on any atom is 0.126 e. The molecule has 0 amide bonds. The Hall–Kier alpha value is -0.910. The summed E-state index contributed by atoms with van der Waals surface area (Å²) in [4.78, 5) is 7.54. The topological polar surface area (TPSA) is 50.5 Å². The van der Waals surface area contributed by atoms with E-state index in [0.29, 0.717) is 19.3 Å². The van der Waals surface area contributed by atoms with Crippen molar-refractivity contribution in [2.24, 2.45) is 12.5 Å². The number of nitrogens with zero attached hydrogens (tertiary/aromatic N) is 3. The molecule has 0 aromatic carbocycles. The third-order valence-corrected chi connectivity index (χ3v) is 5.76. The van der Waals surface area contributed by atoms with E-state index >= 15 is 0 Å². The lowest BCUT2D eigenvalue weighted by Gasteiger charge is -2.43. The van der Waals surface area contributed by atoms with Crippen LogP contribution in [0.2, 0.25) is 0 Å². The largest absolute Gasteiger partial charge is 0.396 e. The highest BCUT2D eigenvalue weighted by atomic mass is 16.5. The predicted molar refractivity (Wildman–Crippen MR) is 83.7 cm³/mol. The molecule has 5 nitrogen and oxygen atoms in total. The van der Waals surface area contributed by atoms with E-state index in [2.05, 4.69) is 16.5 Å². The summed E-state index contributed by atoms with van der Waals surface area (Å²) >= 11 is 0. The molecule has 1 aromatic rings. The zero-order valence-corrected chi connectivity index (χ0v) is 13.6. The van der Waals surface area contributed by atoms with E-state index in [0.717, 1.165) is 19.5 Å². The van der Waals surface area contributed by atoms with Crippen LogP contribution in [0.25, 0.3) is 0 Å². The molecule has 0 spiro atoms. The smallest absolute Gasteiger partial charge is 0.126 e. The summed E-state index contributed by atoms with van der Waals surface area (Å²) in [5.74, 6) is 1.25. The Morgan fingerprint density at radius 3 is 2.77 bits per heavy atom. The van der Waals surface area contributed by atoms with Gasteiger partial charge in [-0.15, -0.1) is 0 Å². The summed E-state index contributed by atoms with van der Waals surface area (Å²) in [6, 6.07) is 0.416. The summed E-state index contributed by atoms with van der Waals surface area (Å²) in [5, 5.41) is 9.71. The van der Waals surface area contributed by atoms with Crippen molar-refractivity contribution in [2.75, 3.05) is 32.9 Å². The maximum absolute atomic E-state index is 9.71. The number of likely N-dealkylation sites (tertiary alicyclic amines) is 1. The van der Waals surface area contributed by atoms with Gasteiger partial charge >= 0.3 is 0 Å². The fourth-order valence-corrected chi connectivity index (χ4v) is 4.37. The van der Waals surface area contributed by atoms with E-state index in [1.54, 1.807) is 0 Å². The molecule has 1 aliphatic carbocycles. The highest BCUT2D eigenvalue weighted by molar-refractivity contribution is 5.22. The molecule has 1 aromatic heterocycles. The molecular formula is C17H27N3O2. The van der Waals surface area contributed by atoms with Gasteiger partial charge in [0, 0.05) is 19.3 Å². The van der Waals surface area contributed by atoms with E-state index < -0.39 is 0 Å². The molecule has 2 aliphatic heterocycles. The second-order valence-corrected chi connectivity index (χ2v) is 7.41. The molecule has 4 rings (SSSR count). The number of hydrogen-bond acceptors (Lipinski definition) is 4. The van der Waals surface area contributed by atoms with Gasteiger partial charge in [-0.1, -0.05) is 0 Å². The minimum absolute atomic E-state index is 0.0344. The highest BCUT2D eigenvalue weighted by Gasteiger charge is 2.43. The van der Waals surface area contributed by atoms with E-state index in [1.807, 2.05) is 0 Å². The second-order valence-electron chi connectivity index (χ2n) is 7.41. The average Bonchev–Trinajstić information content (AvgIpc) is 3.08. The lowest BCUT2D eigenvalue weighted by atomic mass is 9.86. The summed E-state index contributed by atoms with van der Waals surface area (Å²) in [6.45, 7) is 3.68. The zero-order chi connectivity index (χ0) is 15.2. The van der Waals surface area contributed by atoms with E-state index in [1.165, 1.54) is 49.3 Å². The van der Waals surface area contributed by atoms with Crippen molar-refractivity contribution in [1.82, 2.24) is 14.5 Å². The van der Waals surface area contributed by atoms with E-state index in [9.17, 15) is 5.11 Å². The van der Waals surface area contributed by atoms with Crippen molar-refractivity contribution in [3.8, 4) is 0 Å². The Kier molecular flexibility index (Phi) is 3.75. The summed E-state index contributed by atoms with van der Waals surface area (Å²) in [5.41, 5.74) is 2.75. The Morgan fingerprint density at radius 1 is 1.27 bits per heavy atom. The van der Waals surface area contributed by atoms with Crippen molar-refractivity contribution in [3.05, 3.63) is 17.2 Å². The van der Waals surface area contributed by atoms with Gasteiger partial charge < -0.3 is 14.4 Å². The summed E-state index contributed by atoms with van der Waals surface area (Å²) in [7, 11) is 2.19. The fraction of sp³-hybridized carbons (Fsp3) is 0.824. The van der Waals surface area contributed by atoms with Crippen molar-refractivity contribution < 1.29 is 9.84 Å². The van der Waals surface area contributed by atoms with Gasteiger partial charge in [-0.3, -0.25) is 4.90 Å². The number of rotatable bonds is 4. The molecule has 5 heteroatoms. The number of aryl methyl sites for hydroxylation is 1. The van der Waals surface area contributed by atoms with Crippen LogP contribution in [-0.2, 0) is 24.6 Å². The fourth-order valence-electron chi connectivity index (χ4n) is 4.37. The Bertz CT molecular complexity index is 545. The van der Waals surface area contributed by atoms with Crippen molar-refractivity contribution in [3.63, 3.8) is 0 Å². The van der Waals surface area contributed by atoms with Crippen LogP contribution in [0.4, 0.5) is 0 Å². The molecule has 2 saturated heterocycles. The Balaban J connectivity index is 1.57. The zero-order valence-electron chi connectivity index (χ0n) is 13.6. The van der Waals surface area contributed by atoms with Crippen LogP contribution in [0.15, 0.2) is 0 Å². The minimum Gasteiger partial charge on any atom is -0.396 e. The lowest BCUT2D eigenvalue weighted by molar-refractivity contribution is -0.149. The van der Waals surface area contributed by atoms with Gasteiger partial charge in [-0.25, -0.2) is 4.98 Å². The molecule has 0 saturated carbocycles. The monoisotopic (exact) mass is 305 g/mol. The van der Waals surface area contributed by atoms with Crippen molar-refractivity contribution in [1.29, 1.82) is 0 Å². The molecule has 1 atom stereocenters. The average molecular weight is 305 g/mol. The first-order valence-electron chi connectivity index (χ1n) is 8.69. The van der Waals surface area contributed by atoms with Crippen LogP contribution in [0.1, 0.15) is 48.9 Å². The number of hydrogen-bond donors (Lipinski definition) is 1. The molecular weight excluding hydrogens is 278 g/mol. The van der Waals surface area contributed by atoms with E-state index in [-0.39, 0.29) is 12.0 Å². The van der Waals surface area contributed by atoms with Crippen LogP contribution in [-0.4, -0.2) is 52.5 Å². The summed E-state index contributed by atoms with van der Waals surface area (Å²) in [6.07, 6.45) is 7.31. The maximum atomic E-state index is 9.71. The highest BCUT2D eigenvalue weighted by Crippen LogP contribution is 2.38. The summed E-state index contributed by atoms with van der Waals surface area (Å²) < 4.78 is 7.72. The van der Waals surface area contributed by atoms with E-state index in [4.69, 9.17) is 9.72 Å². The SMILES string of the molecule is Cn1c(C2CCCN2CC2(CO)COC2)nc2c1CCCC2. The van der Waals surface area contributed by atoms with Crippen molar-refractivity contribution >= 4 is 0 Å². The molecule has 3 heterocycles. The first-order valence-corrected chi connectivity index (χ1v) is 8.69. The predicted octanol–water partition coefficient (Wildman–Crippen LogP) is 1.44. The normalized spacial score (nSPS) is 27.6. The van der Waals surface area contributed by atoms with Gasteiger partial charge in [-0.05, 0) is 45.1 Å². The number of ether oxygens (including phenoxy) is 1. The Morgan fingerprint density at radius 2 is 2.09 bits per heavy atom. The second kappa shape index (κ2) is 5.62. The molecule has 1 unspecified atom stereocenters. The van der Waals surface area contributed by atoms with Crippen LogP contribution < -0.4 is 0 Å². The van der Waals surface area contributed by atoms with Gasteiger partial charge in [0.1, 0.15) is 5.82 Å². The van der Waals surface area contributed by atoms with Gasteiger partial charge in [-0.2, -0.15) is 0 Å². The standard InChI is InChI=1S/C17H27N3O2/c1-19-14-6-3-2-5-13(14)18-16(19)15-7-4-8-20(15)9-17(10-21)11-22-12-17/h15,21H,2-12H2,1H3. The molecule has 0 bridgehead atoms. The van der Waals surface area contributed by atoms with Crippen LogP contribution >= 0.6 is 0 Å². The lowest BCUT2D eigenvalue weighted by Crippen LogP contribution is -2.53. The molecule has 0 radical (unpaired) electrons. The van der Waals surface area contributed by atoms with Crippen molar-refractivity contribution in [2.45, 2.75) is 44.6 Å². The molecule has 3 aliphatic rings. The van der Waals surface area contributed by atoms with Gasteiger partial charge in [0.15, 0.2) is 0 Å². The third-order valence-electron chi connectivity index (χ3n) is 5.76. The first-order chi connectivity index (χ1) is 10.7. The van der Waals surface area contributed by atoms with Gasteiger partial charge in [0.25, 0.3) is 0 Å². The number of fused-ring (bicyclic) bond motifs is 1. The molecule has 22 heavy (non-hydrogen) atoms. The van der Waals surface area contributed by atoms with Crippen LogP contribution in [0.5, 0.6) is 0 Å². The minimum atomic E-state index is -0.0344. The number of aliphatic hydroxyl groups excluding tert-OH is 1. The molecule has 2 fully saturated rings. The third kappa shape index (κ3) is 2.30. The van der Waals surface area contributed by atoms with Crippen LogP contribution in [0, 0.1) is 5.41 Å².